The van der Waals surface area contributed by atoms with Crippen molar-refractivity contribution in [3.8, 4) is 0 Å². The lowest BCUT2D eigenvalue weighted by Crippen LogP contribution is -2.20. The summed E-state index contributed by atoms with van der Waals surface area (Å²) in [6.07, 6.45) is 15.8. The molecule has 0 aliphatic carbocycles. The lowest BCUT2D eigenvalue weighted by Gasteiger charge is -2.28. The maximum absolute atomic E-state index is 5.85. The third-order valence-electron chi connectivity index (χ3n) is 6.05. The molecule has 168 valence electrons. The van der Waals surface area contributed by atoms with Gasteiger partial charge in [-0.1, -0.05) is 82.9 Å². The maximum Gasteiger partial charge on any atom is 0.0258 e. The van der Waals surface area contributed by atoms with E-state index in [4.69, 9.17) is 11.6 Å². The highest BCUT2D eigenvalue weighted by molar-refractivity contribution is 6.17. The topological polar surface area (TPSA) is 0 Å². The first kappa shape index (κ1) is 27.0. The van der Waals surface area contributed by atoms with Gasteiger partial charge >= 0.3 is 0 Å². The van der Waals surface area contributed by atoms with E-state index in [1.54, 1.807) is 0 Å². The lowest BCUT2D eigenvalue weighted by atomic mass is 9.77. The summed E-state index contributed by atoms with van der Waals surface area (Å²) in [5.41, 5.74) is 11.0. The summed E-state index contributed by atoms with van der Waals surface area (Å²) in [6.45, 7) is 19.4. The Morgan fingerprint density at radius 2 is 1.90 bits per heavy atom. The first-order valence-electron chi connectivity index (χ1n) is 11.4. The monoisotopic (exact) mass is 436 g/mol. The van der Waals surface area contributed by atoms with E-state index in [1.165, 1.54) is 33.4 Å². The van der Waals surface area contributed by atoms with Crippen molar-refractivity contribution in [3.05, 3.63) is 89.2 Å². The van der Waals surface area contributed by atoms with Crippen LogP contribution in [0.4, 0.5) is 0 Å². The van der Waals surface area contributed by atoms with Gasteiger partial charge in [-0.2, -0.15) is 0 Å². The van der Waals surface area contributed by atoms with Gasteiger partial charge in [-0.05, 0) is 90.9 Å². The molecule has 1 aromatic carbocycles. The Morgan fingerprint density at radius 3 is 2.45 bits per heavy atom. The van der Waals surface area contributed by atoms with Crippen LogP contribution in [0.3, 0.4) is 0 Å². The van der Waals surface area contributed by atoms with E-state index in [9.17, 15) is 0 Å². The Labute approximate surface area is 196 Å². The second-order valence-electron chi connectivity index (χ2n) is 9.27. The first-order chi connectivity index (χ1) is 14.7. The molecule has 31 heavy (non-hydrogen) atoms. The summed E-state index contributed by atoms with van der Waals surface area (Å²) in [7, 11) is 0. The Bertz CT molecular complexity index is 877. The van der Waals surface area contributed by atoms with E-state index in [-0.39, 0.29) is 5.41 Å². The van der Waals surface area contributed by atoms with Gasteiger partial charge in [0.1, 0.15) is 0 Å². The average Bonchev–Trinajstić information content (AvgIpc) is 2.73. The quantitative estimate of drug-likeness (QED) is 0.194. The highest BCUT2D eigenvalue weighted by Gasteiger charge is 2.21. The number of alkyl halides is 1. The fraction of sp³-hybridized carbons (Fsp3) is 0.433. The molecule has 0 radical (unpaired) electrons. The van der Waals surface area contributed by atoms with Gasteiger partial charge in [0.25, 0.3) is 0 Å². The van der Waals surface area contributed by atoms with Crippen molar-refractivity contribution in [2.24, 2.45) is 11.3 Å². The lowest BCUT2D eigenvalue weighted by molar-refractivity contribution is 0.260. The van der Waals surface area contributed by atoms with Crippen LogP contribution in [0.5, 0.6) is 0 Å². The third kappa shape index (κ3) is 8.94. The Hall–Kier alpha value is -2.01. The normalized spacial score (nSPS) is 14.6. The van der Waals surface area contributed by atoms with Crippen molar-refractivity contribution >= 4 is 22.7 Å². The summed E-state index contributed by atoms with van der Waals surface area (Å²) in [5.74, 6) is 1.23. The number of rotatable bonds is 10. The van der Waals surface area contributed by atoms with Gasteiger partial charge in [-0.15, -0.1) is 17.3 Å². The van der Waals surface area contributed by atoms with E-state index in [1.807, 2.05) is 6.08 Å². The molecule has 1 heteroatoms. The molecule has 0 saturated carbocycles. The van der Waals surface area contributed by atoms with E-state index in [0.29, 0.717) is 11.8 Å². The van der Waals surface area contributed by atoms with Crippen LogP contribution in [0, 0.1) is 11.3 Å². The van der Waals surface area contributed by atoms with Crippen LogP contribution in [-0.4, -0.2) is 5.88 Å². The standard InChI is InChI=1S/C30H41Cl/c1-9-14-25(10-2)17-16-23(4)29-19-18-27(26(11-3)15-12-13-20-31)22-28(29)21-24(5)30(6,7)8/h10-12,14-16,18-19,22,24H,1,13,17,20-21H2,2-8H3/b15-12-,23-16+,25-10-,26-11+. The van der Waals surface area contributed by atoms with Crippen molar-refractivity contribution in [1.29, 1.82) is 0 Å². The van der Waals surface area contributed by atoms with Gasteiger partial charge in [0.05, 0.1) is 0 Å². The number of hydrogen-bond acceptors (Lipinski definition) is 0. The second-order valence-corrected chi connectivity index (χ2v) is 9.65. The SMILES string of the molecule is C=C=C/C(=C/C)C/C=C(\C)c1ccc(C(/C=C\CCCl)=C/C)cc1CC(C)C(C)(C)C. The molecule has 0 aromatic heterocycles. The predicted molar refractivity (Wildman–Crippen MR) is 143 cm³/mol. The number of halogens is 1. The minimum atomic E-state index is 0.265. The highest BCUT2D eigenvalue weighted by atomic mass is 35.5. The van der Waals surface area contributed by atoms with Crippen LogP contribution in [0.15, 0.2) is 72.5 Å². The van der Waals surface area contributed by atoms with E-state index >= 15 is 0 Å². The minimum Gasteiger partial charge on any atom is -0.128 e. The molecule has 0 amide bonds. The van der Waals surface area contributed by atoms with Crippen molar-refractivity contribution in [3.63, 3.8) is 0 Å². The summed E-state index contributed by atoms with van der Waals surface area (Å²) < 4.78 is 0. The van der Waals surface area contributed by atoms with Gasteiger partial charge in [0, 0.05) is 5.88 Å². The molecular formula is C30H41Cl. The number of hydrogen-bond donors (Lipinski definition) is 0. The fourth-order valence-electron chi connectivity index (χ4n) is 3.37. The summed E-state index contributed by atoms with van der Waals surface area (Å²) >= 11 is 5.85. The van der Waals surface area contributed by atoms with Crippen LogP contribution in [0.1, 0.15) is 78.0 Å². The molecule has 0 fully saturated rings. The molecule has 0 aliphatic heterocycles. The predicted octanol–water partition coefficient (Wildman–Crippen LogP) is 9.58. The van der Waals surface area contributed by atoms with Crippen LogP contribution in [-0.2, 0) is 6.42 Å². The fourth-order valence-corrected chi connectivity index (χ4v) is 3.49. The molecule has 1 unspecified atom stereocenters. The zero-order valence-electron chi connectivity index (χ0n) is 20.7. The average molecular weight is 437 g/mol. The van der Waals surface area contributed by atoms with Crippen molar-refractivity contribution in [2.45, 2.75) is 67.7 Å². The molecule has 0 aliphatic rings. The molecule has 1 atom stereocenters. The largest absolute Gasteiger partial charge is 0.128 e. The Morgan fingerprint density at radius 1 is 1.19 bits per heavy atom. The van der Waals surface area contributed by atoms with Crippen LogP contribution >= 0.6 is 11.6 Å². The molecule has 1 rings (SSSR count). The van der Waals surface area contributed by atoms with Crippen molar-refractivity contribution in [2.75, 3.05) is 5.88 Å². The molecule has 0 saturated heterocycles. The summed E-state index contributed by atoms with van der Waals surface area (Å²) in [5, 5.41) is 0. The van der Waals surface area contributed by atoms with E-state index in [0.717, 1.165) is 19.3 Å². The van der Waals surface area contributed by atoms with Gasteiger partial charge in [-0.3, -0.25) is 0 Å². The molecular weight excluding hydrogens is 396 g/mol. The smallest absolute Gasteiger partial charge is 0.0258 e. The maximum atomic E-state index is 5.85. The molecule has 1 aromatic rings. The molecule has 0 spiro atoms. The van der Waals surface area contributed by atoms with Crippen molar-refractivity contribution < 1.29 is 0 Å². The van der Waals surface area contributed by atoms with Gasteiger partial charge in [0.2, 0.25) is 0 Å². The zero-order chi connectivity index (χ0) is 23.4. The molecule has 0 nitrogen and oxygen atoms in total. The van der Waals surface area contributed by atoms with Gasteiger partial charge < -0.3 is 0 Å². The molecule has 0 heterocycles. The van der Waals surface area contributed by atoms with E-state index in [2.05, 4.69) is 109 Å². The molecule has 0 bridgehead atoms. The summed E-state index contributed by atoms with van der Waals surface area (Å²) in [4.78, 5) is 0. The van der Waals surface area contributed by atoms with Crippen molar-refractivity contribution in [1.82, 2.24) is 0 Å². The van der Waals surface area contributed by atoms with Gasteiger partial charge in [-0.25, -0.2) is 0 Å². The number of allylic oxidation sites excluding steroid dienone is 9. The Balaban J connectivity index is 3.41. The van der Waals surface area contributed by atoms with Gasteiger partial charge in [0.15, 0.2) is 0 Å². The number of benzene rings is 1. The third-order valence-corrected chi connectivity index (χ3v) is 6.27. The molecule has 0 N–H and O–H groups in total. The first-order valence-corrected chi connectivity index (χ1v) is 11.9. The summed E-state index contributed by atoms with van der Waals surface area (Å²) in [6, 6.07) is 6.93. The van der Waals surface area contributed by atoms with Crippen LogP contribution in [0.25, 0.3) is 11.1 Å². The minimum absolute atomic E-state index is 0.265. The Kier molecular flexibility index (Phi) is 11.7. The zero-order valence-corrected chi connectivity index (χ0v) is 21.4. The van der Waals surface area contributed by atoms with Crippen LogP contribution in [0.2, 0.25) is 0 Å². The van der Waals surface area contributed by atoms with E-state index < -0.39 is 0 Å². The van der Waals surface area contributed by atoms with Crippen LogP contribution < -0.4 is 0 Å². The second kappa shape index (κ2) is 13.4. The highest BCUT2D eigenvalue weighted by Crippen LogP contribution is 2.33.